The first kappa shape index (κ1) is 29.2. The summed E-state index contributed by atoms with van der Waals surface area (Å²) < 4.78 is 41.5. The predicted octanol–water partition coefficient (Wildman–Crippen LogP) is 4.13. The molecule has 3 aromatic carbocycles. The quantitative estimate of drug-likeness (QED) is 0.308. The first-order valence-electron chi connectivity index (χ1n) is 14.1. The average Bonchev–Trinajstić information content (AvgIpc) is 3.72. The van der Waals surface area contributed by atoms with Gasteiger partial charge in [-0.2, -0.15) is 0 Å². The topological polar surface area (TPSA) is 131 Å². The maximum Gasteiger partial charge on any atom is 0.323 e. The lowest BCUT2D eigenvalue weighted by molar-refractivity contribution is 0.0659. The molecule has 2 aliphatic heterocycles. The van der Waals surface area contributed by atoms with Gasteiger partial charge in [-0.15, -0.1) is 0 Å². The van der Waals surface area contributed by atoms with Crippen LogP contribution in [0.15, 0.2) is 78.6 Å². The highest BCUT2D eigenvalue weighted by atomic mass is 32.2. The number of nitrogens with one attached hydrogen (secondary N) is 3. The van der Waals surface area contributed by atoms with Crippen LogP contribution >= 0.6 is 0 Å². The summed E-state index contributed by atoms with van der Waals surface area (Å²) in [5.41, 5.74) is 3.23. The van der Waals surface area contributed by atoms with Crippen LogP contribution in [-0.4, -0.2) is 62.5 Å². The smallest absolute Gasteiger partial charge is 0.323 e. The van der Waals surface area contributed by atoms with Crippen LogP contribution in [0.4, 0.5) is 26.2 Å². The molecule has 228 valence electrons. The van der Waals surface area contributed by atoms with Crippen molar-refractivity contribution in [3.05, 3.63) is 101 Å². The Morgan fingerprint density at radius 1 is 1.00 bits per heavy atom. The monoisotopic (exact) mass is 618 g/mol. The number of imide groups is 1. The van der Waals surface area contributed by atoms with Crippen LogP contribution in [0.25, 0.3) is 0 Å². The molecule has 1 aliphatic carbocycles. The molecule has 1 unspecified atom stereocenters. The minimum Gasteiger partial charge on any atom is -0.363 e. The van der Waals surface area contributed by atoms with Crippen molar-refractivity contribution in [1.82, 2.24) is 20.4 Å². The molecule has 3 N–H and O–H groups in total. The van der Waals surface area contributed by atoms with E-state index in [1.165, 1.54) is 24.1 Å². The molecule has 0 radical (unpaired) electrons. The van der Waals surface area contributed by atoms with Crippen molar-refractivity contribution in [2.24, 2.45) is 5.92 Å². The van der Waals surface area contributed by atoms with Gasteiger partial charge in [0.05, 0.1) is 29.6 Å². The number of carbonyl (C=O) groups is 3. The van der Waals surface area contributed by atoms with Crippen LogP contribution in [0, 0.1) is 11.7 Å². The second-order valence-electron chi connectivity index (χ2n) is 10.9. The van der Waals surface area contributed by atoms with Gasteiger partial charge in [0.15, 0.2) is 0 Å². The van der Waals surface area contributed by atoms with Crippen LogP contribution in [0.3, 0.4) is 0 Å². The lowest BCUT2D eigenvalue weighted by atomic mass is 10.1. The number of urea groups is 1. The molecular formula is C31H31FN6O5S. The van der Waals surface area contributed by atoms with Gasteiger partial charge in [-0.25, -0.2) is 17.6 Å². The molecule has 13 heteroatoms. The van der Waals surface area contributed by atoms with Crippen molar-refractivity contribution in [2.45, 2.75) is 19.0 Å². The van der Waals surface area contributed by atoms with Gasteiger partial charge in [-0.1, -0.05) is 18.2 Å². The number of anilines is 3. The van der Waals surface area contributed by atoms with E-state index in [9.17, 15) is 27.2 Å². The standard InChI is InChI=1S/C31H31FN6O5S/c1-33-31(41)37-18-26(19-7-8-19)35-28(37)25-14-13-22(34-21-11-9-20(32)10-12-21)17-27(25)38(44(2,42)43)16-15-36-29(39)23-5-3-4-6-24(23)30(36)40/h3-6,9-14,17-19,28,34-35H,7-8,15-16H2,1-2H3,(H,33,41). The van der Waals surface area contributed by atoms with Crippen molar-refractivity contribution in [3.63, 3.8) is 0 Å². The third-order valence-corrected chi connectivity index (χ3v) is 9.04. The van der Waals surface area contributed by atoms with E-state index in [0.29, 0.717) is 16.9 Å². The van der Waals surface area contributed by atoms with Crippen LogP contribution in [0.2, 0.25) is 0 Å². The van der Waals surface area contributed by atoms with Crippen molar-refractivity contribution >= 4 is 44.9 Å². The number of fused-ring (bicyclic) bond motifs is 1. The molecule has 0 spiro atoms. The Bertz CT molecular complexity index is 1760. The highest BCUT2D eigenvalue weighted by Crippen LogP contribution is 2.43. The summed E-state index contributed by atoms with van der Waals surface area (Å²) in [5, 5.41) is 9.21. The number of nitrogens with zero attached hydrogens (tertiary/aromatic N) is 3. The van der Waals surface area contributed by atoms with Crippen molar-refractivity contribution < 1.29 is 27.2 Å². The molecule has 2 heterocycles. The molecule has 0 aromatic heterocycles. The molecule has 0 bridgehead atoms. The number of sulfonamides is 1. The summed E-state index contributed by atoms with van der Waals surface area (Å²) >= 11 is 0. The lowest BCUT2D eigenvalue weighted by Crippen LogP contribution is -2.42. The Labute approximate surface area is 254 Å². The maximum atomic E-state index is 13.5. The van der Waals surface area contributed by atoms with E-state index in [4.69, 9.17) is 0 Å². The zero-order valence-corrected chi connectivity index (χ0v) is 24.9. The zero-order valence-electron chi connectivity index (χ0n) is 24.1. The first-order chi connectivity index (χ1) is 21.0. The summed E-state index contributed by atoms with van der Waals surface area (Å²) in [6.07, 6.45) is 4.03. The van der Waals surface area contributed by atoms with Gasteiger partial charge < -0.3 is 16.0 Å². The van der Waals surface area contributed by atoms with Gasteiger partial charge in [0.25, 0.3) is 11.8 Å². The van der Waals surface area contributed by atoms with Gasteiger partial charge in [0.2, 0.25) is 10.0 Å². The van der Waals surface area contributed by atoms with Crippen molar-refractivity contribution in [1.29, 1.82) is 0 Å². The summed E-state index contributed by atoms with van der Waals surface area (Å²) in [6.45, 7) is -0.426. The Balaban J connectivity index is 1.38. The van der Waals surface area contributed by atoms with E-state index in [1.807, 2.05) is 0 Å². The second-order valence-corrected chi connectivity index (χ2v) is 12.8. The molecule has 3 aliphatic rings. The zero-order chi connectivity index (χ0) is 31.2. The van der Waals surface area contributed by atoms with Crippen molar-refractivity contribution in [3.8, 4) is 0 Å². The van der Waals surface area contributed by atoms with E-state index in [1.54, 1.807) is 60.8 Å². The number of allylic oxidation sites excluding steroid dienone is 1. The molecule has 1 saturated carbocycles. The number of carbonyl (C=O) groups excluding carboxylic acids is 3. The molecule has 1 fully saturated rings. The Kier molecular flexibility index (Phi) is 7.49. The Morgan fingerprint density at radius 2 is 1.64 bits per heavy atom. The lowest BCUT2D eigenvalue weighted by Gasteiger charge is -2.31. The number of amides is 4. The van der Waals surface area contributed by atoms with Crippen LogP contribution < -0.4 is 20.3 Å². The normalized spacial score (nSPS) is 17.7. The van der Waals surface area contributed by atoms with E-state index in [-0.39, 0.29) is 41.9 Å². The fraction of sp³-hybridized carbons (Fsp3) is 0.258. The van der Waals surface area contributed by atoms with Crippen LogP contribution in [0.1, 0.15) is 45.3 Å². The van der Waals surface area contributed by atoms with E-state index < -0.39 is 33.8 Å². The van der Waals surface area contributed by atoms with Gasteiger partial charge in [0, 0.05) is 48.3 Å². The van der Waals surface area contributed by atoms with Crippen molar-refractivity contribution in [2.75, 3.05) is 36.0 Å². The minimum atomic E-state index is -3.98. The Hall–Kier alpha value is -4.91. The number of rotatable bonds is 9. The highest BCUT2D eigenvalue weighted by Gasteiger charge is 2.40. The van der Waals surface area contributed by atoms with Gasteiger partial charge in [-0.05, 0) is 61.4 Å². The largest absolute Gasteiger partial charge is 0.363 e. The molecule has 3 aromatic rings. The van der Waals surface area contributed by atoms with E-state index >= 15 is 0 Å². The SMILES string of the molecule is CNC(=O)N1C=C(C2CC2)NC1c1ccc(Nc2ccc(F)cc2)cc1N(CCN1C(=O)c2ccccc2C1=O)S(C)(=O)=O. The molecular weight excluding hydrogens is 587 g/mol. The molecule has 11 nitrogen and oxygen atoms in total. The molecule has 1 atom stereocenters. The number of benzene rings is 3. The van der Waals surface area contributed by atoms with Gasteiger partial charge in [0.1, 0.15) is 12.0 Å². The Morgan fingerprint density at radius 3 is 2.23 bits per heavy atom. The molecule has 4 amide bonds. The third kappa shape index (κ3) is 5.57. The predicted molar refractivity (Wildman–Crippen MR) is 163 cm³/mol. The summed E-state index contributed by atoms with van der Waals surface area (Å²) in [7, 11) is -2.46. The summed E-state index contributed by atoms with van der Waals surface area (Å²) in [4.78, 5) is 41.6. The molecule has 44 heavy (non-hydrogen) atoms. The molecule has 6 rings (SSSR count). The second kappa shape index (κ2) is 11.3. The fourth-order valence-corrected chi connectivity index (χ4v) is 6.43. The average molecular weight is 619 g/mol. The van der Waals surface area contributed by atoms with E-state index in [0.717, 1.165) is 34.0 Å². The maximum absolute atomic E-state index is 13.5. The number of hydrogen-bond acceptors (Lipinski definition) is 7. The number of halogens is 1. The fourth-order valence-electron chi connectivity index (χ4n) is 5.51. The minimum absolute atomic E-state index is 0.197. The van der Waals surface area contributed by atoms with Gasteiger partial charge >= 0.3 is 6.03 Å². The first-order valence-corrected chi connectivity index (χ1v) is 16.0. The summed E-state index contributed by atoms with van der Waals surface area (Å²) in [6, 6.07) is 16.9. The van der Waals surface area contributed by atoms with Gasteiger partial charge in [-0.3, -0.25) is 23.7 Å². The highest BCUT2D eigenvalue weighted by molar-refractivity contribution is 7.92. The molecule has 0 saturated heterocycles. The van der Waals surface area contributed by atoms with Crippen LogP contribution in [-0.2, 0) is 10.0 Å². The van der Waals surface area contributed by atoms with Crippen LogP contribution in [0.5, 0.6) is 0 Å². The third-order valence-electron chi connectivity index (χ3n) is 7.86. The number of hydrogen-bond donors (Lipinski definition) is 3. The summed E-state index contributed by atoms with van der Waals surface area (Å²) in [5.74, 6) is -1.10. The van der Waals surface area contributed by atoms with E-state index in [2.05, 4.69) is 16.0 Å².